The molecule has 0 bridgehead atoms. The average Bonchev–Trinajstić information content (AvgIpc) is 2.19. The van der Waals surface area contributed by atoms with Crippen molar-refractivity contribution in [1.82, 2.24) is 0 Å². The Labute approximate surface area is 99.2 Å². The van der Waals surface area contributed by atoms with Crippen molar-refractivity contribution in [3.8, 4) is 12.3 Å². The Kier molecular flexibility index (Phi) is 3.85. The number of halogens is 2. The SMILES string of the molecule is C#CCNc1cc(F)c(I)cc1[N+](=O)[O-]. The predicted molar refractivity (Wildman–Crippen MR) is 63.1 cm³/mol. The zero-order valence-corrected chi connectivity index (χ0v) is 9.62. The van der Waals surface area contributed by atoms with Crippen molar-refractivity contribution in [3.63, 3.8) is 0 Å². The molecule has 0 radical (unpaired) electrons. The lowest BCUT2D eigenvalue weighted by Crippen LogP contribution is -2.03. The molecule has 1 aromatic carbocycles. The topological polar surface area (TPSA) is 55.2 Å². The summed E-state index contributed by atoms with van der Waals surface area (Å²) in [4.78, 5) is 10.1. The van der Waals surface area contributed by atoms with Gasteiger partial charge in [0.25, 0.3) is 5.69 Å². The summed E-state index contributed by atoms with van der Waals surface area (Å²) in [5, 5.41) is 13.2. The number of nitro groups is 1. The summed E-state index contributed by atoms with van der Waals surface area (Å²) in [6, 6.07) is 2.23. The largest absolute Gasteiger partial charge is 0.369 e. The van der Waals surface area contributed by atoms with Crippen LogP contribution in [0.5, 0.6) is 0 Å². The van der Waals surface area contributed by atoms with Crippen LogP contribution >= 0.6 is 22.6 Å². The molecule has 4 nitrogen and oxygen atoms in total. The first kappa shape index (κ1) is 11.7. The van der Waals surface area contributed by atoms with Gasteiger partial charge in [-0.25, -0.2) is 4.39 Å². The van der Waals surface area contributed by atoms with Crippen molar-refractivity contribution >= 4 is 34.0 Å². The van der Waals surface area contributed by atoms with Gasteiger partial charge in [0, 0.05) is 12.1 Å². The van der Waals surface area contributed by atoms with Gasteiger partial charge >= 0.3 is 0 Å². The van der Waals surface area contributed by atoms with Crippen molar-refractivity contribution in [2.45, 2.75) is 0 Å². The van der Waals surface area contributed by atoms with Crippen LogP contribution in [0.1, 0.15) is 0 Å². The normalized spacial score (nSPS) is 9.40. The van der Waals surface area contributed by atoms with Crippen LogP contribution in [0.3, 0.4) is 0 Å². The summed E-state index contributed by atoms with van der Waals surface area (Å²) >= 11 is 1.69. The first-order valence-electron chi connectivity index (χ1n) is 3.87. The molecule has 0 aliphatic heterocycles. The lowest BCUT2D eigenvalue weighted by atomic mass is 10.2. The van der Waals surface area contributed by atoms with Crippen LogP contribution in [-0.4, -0.2) is 11.5 Å². The molecule has 0 fully saturated rings. The van der Waals surface area contributed by atoms with E-state index >= 15 is 0 Å². The summed E-state index contributed by atoms with van der Waals surface area (Å²) in [6.45, 7) is 0.112. The van der Waals surface area contributed by atoms with Gasteiger partial charge in [0.15, 0.2) is 0 Å². The molecule has 0 spiro atoms. The number of terminal acetylenes is 1. The van der Waals surface area contributed by atoms with Crippen molar-refractivity contribution in [2.24, 2.45) is 0 Å². The molecule has 78 valence electrons. The molecule has 6 heteroatoms. The standard InChI is InChI=1S/C9H6FIN2O2/c1-2-3-12-8-4-6(10)7(11)5-9(8)13(14)15/h1,4-5,12H,3H2. The second-order valence-electron chi connectivity index (χ2n) is 2.60. The van der Waals surface area contributed by atoms with Gasteiger partial charge in [0.1, 0.15) is 11.5 Å². The van der Waals surface area contributed by atoms with Crippen molar-refractivity contribution in [3.05, 3.63) is 31.6 Å². The maximum atomic E-state index is 13.1. The highest BCUT2D eigenvalue weighted by Crippen LogP contribution is 2.28. The minimum absolute atomic E-state index is 0.0934. The zero-order chi connectivity index (χ0) is 11.4. The molecule has 0 unspecified atom stereocenters. The van der Waals surface area contributed by atoms with Gasteiger partial charge in [0.2, 0.25) is 0 Å². The highest BCUT2D eigenvalue weighted by atomic mass is 127. The molecule has 15 heavy (non-hydrogen) atoms. The lowest BCUT2D eigenvalue weighted by Gasteiger charge is -2.04. The van der Waals surface area contributed by atoms with E-state index in [9.17, 15) is 14.5 Å². The van der Waals surface area contributed by atoms with E-state index in [4.69, 9.17) is 6.42 Å². The van der Waals surface area contributed by atoms with Crippen LogP contribution in [-0.2, 0) is 0 Å². The van der Waals surface area contributed by atoms with E-state index in [2.05, 4.69) is 11.2 Å². The van der Waals surface area contributed by atoms with Gasteiger partial charge in [-0.05, 0) is 22.6 Å². The Morgan fingerprint density at radius 1 is 1.67 bits per heavy atom. The first-order chi connectivity index (χ1) is 7.06. The number of rotatable bonds is 3. The van der Waals surface area contributed by atoms with E-state index in [1.54, 1.807) is 22.6 Å². The Morgan fingerprint density at radius 3 is 2.87 bits per heavy atom. The first-order valence-corrected chi connectivity index (χ1v) is 4.95. The van der Waals surface area contributed by atoms with Crippen LogP contribution < -0.4 is 5.32 Å². The Balaban J connectivity index is 3.17. The fourth-order valence-electron chi connectivity index (χ4n) is 0.975. The van der Waals surface area contributed by atoms with E-state index in [0.717, 1.165) is 12.1 Å². The number of nitro benzene ring substituents is 1. The maximum Gasteiger partial charge on any atom is 0.293 e. The van der Waals surface area contributed by atoms with E-state index in [1.165, 1.54) is 0 Å². The monoisotopic (exact) mass is 320 g/mol. The molecule has 0 saturated heterocycles. The van der Waals surface area contributed by atoms with Crippen molar-refractivity contribution in [2.75, 3.05) is 11.9 Å². The quantitative estimate of drug-likeness (QED) is 0.403. The molecule has 0 aromatic heterocycles. The van der Waals surface area contributed by atoms with Crippen LogP contribution in [0, 0.1) is 31.8 Å². The molecule has 0 amide bonds. The predicted octanol–water partition coefficient (Wildman–Crippen LogP) is 2.38. The summed E-state index contributed by atoms with van der Waals surface area (Å²) in [5.41, 5.74) is -0.0908. The number of hydrogen-bond acceptors (Lipinski definition) is 3. The third-order valence-corrected chi connectivity index (χ3v) is 2.44. The van der Waals surface area contributed by atoms with Crippen molar-refractivity contribution < 1.29 is 9.31 Å². The summed E-state index contributed by atoms with van der Waals surface area (Å²) in [7, 11) is 0. The molecule has 0 heterocycles. The van der Waals surface area contributed by atoms with Crippen LogP contribution in [0.15, 0.2) is 12.1 Å². The molecule has 1 rings (SSSR count). The van der Waals surface area contributed by atoms with Gasteiger partial charge in [-0.15, -0.1) is 6.42 Å². The van der Waals surface area contributed by atoms with E-state index in [-0.39, 0.29) is 21.5 Å². The smallest absolute Gasteiger partial charge is 0.293 e. The van der Waals surface area contributed by atoms with Gasteiger partial charge in [-0.3, -0.25) is 10.1 Å². The van der Waals surface area contributed by atoms with Gasteiger partial charge in [-0.2, -0.15) is 0 Å². The van der Waals surface area contributed by atoms with E-state index < -0.39 is 10.7 Å². The van der Waals surface area contributed by atoms with Crippen LogP contribution in [0.2, 0.25) is 0 Å². The summed E-state index contributed by atoms with van der Waals surface area (Å²) in [6.07, 6.45) is 4.99. The Bertz CT molecular complexity index is 442. The van der Waals surface area contributed by atoms with Crippen LogP contribution in [0.25, 0.3) is 0 Å². The van der Waals surface area contributed by atoms with Crippen LogP contribution in [0.4, 0.5) is 15.8 Å². The second kappa shape index (κ2) is 4.93. The molecular formula is C9H6FIN2O2. The van der Waals surface area contributed by atoms with Gasteiger partial charge in [0.05, 0.1) is 15.0 Å². The number of nitrogens with one attached hydrogen (secondary N) is 1. The summed E-state index contributed by atoms with van der Waals surface area (Å²) in [5.74, 6) is 1.75. The number of anilines is 1. The van der Waals surface area contributed by atoms with Gasteiger partial charge in [-0.1, -0.05) is 5.92 Å². The average molecular weight is 320 g/mol. The van der Waals surface area contributed by atoms with E-state index in [1.807, 2.05) is 0 Å². The maximum absolute atomic E-state index is 13.1. The molecule has 0 saturated carbocycles. The Hall–Kier alpha value is -1.36. The minimum Gasteiger partial charge on any atom is -0.369 e. The highest BCUT2D eigenvalue weighted by molar-refractivity contribution is 14.1. The van der Waals surface area contributed by atoms with E-state index in [0.29, 0.717) is 0 Å². The summed E-state index contributed by atoms with van der Waals surface area (Å²) < 4.78 is 13.3. The fourth-order valence-corrected chi connectivity index (χ4v) is 1.43. The number of hydrogen-bond donors (Lipinski definition) is 1. The molecular weight excluding hydrogens is 314 g/mol. The van der Waals surface area contributed by atoms with Crippen molar-refractivity contribution in [1.29, 1.82) is 0 Å². The third-order valence-electron chi connectivity index (χ3n) is 1.62. The Morgan fingerprint density at radius 2 is 2.33 bits per heavy atom. The molecule has 1 aromatic rings. The zero-order valence-electron chi connectivity index (χ0n) is 7.46. The fraction of sp³-hybridized carbons (Fsp3) is 0.111. The van der Waals surface area contributed by atoms with Gasteiger partial charge < -0.3 is 5.32 Å². The molecule has 0 aliphatic carbocycles. The minimum atomic E-state index is -0.583. The molecule has 0 atom stereocenters. The number of nitrogens with zero attached hydrogens (tertiary/aromatic N) is 1. The number of benzene rings is 1. The molecule has 1 N–H and O–H groups in total. The third kappa shape index (κ3) is 2.79. The highest BCUT2D eigenvalue weighted by Gasteiger charge is 2.16. The molecule has 0 aliphatic rings. The second-order valence-corrected chi connectivity index (χ2v) is 3.76. The lowest BCUT2D eigenvalue weighted by molar-refractivity contribution is -0.384.